The average Bonchev–Trinajstić information content (AvgIpc) is 3.18. The smallest absolute Gasteiger partial charge is 0.221 e. The summed E-state index contributed by atoms with van der Waals surface area (Å²) >= 11 is 1.67. The van der Waals surface area contributed by atoms with Gasteiger partial charge in [0.1, 0.15) is 0 Å². The Morgan fingerprint density at radius 1 is 1.12 bits per heavy atom. The number of likely N-dealkylation sites (N-methyl/N-ethyl adjacent to an activating group) is 1. The largest absolute Gasteiger partial charge is 0.354 e. The third-order valence-corrected chi connectivity index (χ3v) is 7.02. The van der Waals surface area contributed by atoms with Crippen LogP contribution in [0, 0.1) is 0 Å². The first-order valence-electron chi connectivity index (χ1n) is 8.80. The summed E-state index contributed by atoms with van der Waals surface area (Å²) in [5, 5.41) is 4.93. The first kappa shape index (κ1) is 20.6. The van der Waals surface area contributed by atoms with Crippen molar-refractivity contribution in [3.05, 3.63) is 52.7 Å². The van der Waals surface area contributed by atoms with Crippen LogP contribution in [0.1, 0.15) is 31.2 Å². The minimum atomic E-state index is -3.43. The SMILES string of the molecule is CCN(CC)C(CNC(=O)CCS(=O)(=O)c1ccccc1)c1cccs1. The molecule has 1 aromatic heterocycles. The van der Waals surface area contributed by atoms with Crippen LogP contribution in [0.5, 0.6) is 0 Å². The number of nitrogens with zero attached hydrogens (tertiary/aromatic N) is 1. The number of nitrogens with one attached hydrogen (secondary N) is 1. The Bertz CT molecular complexity index is 770. The second-order valence-electron chi connectivity index (χ2n) is 5.94. The van der Waals surface area contributed by atoms with Crippen LogP contribution >= 0.6 is 11.3 Å². The summed E-state index contributed by atoms with van der Waals surface area (Å²) in [4.78, 5) is 15.9. The van der Waals surface area contributed by atoms with Crippen molar-refractivity contribution in [3.63, 3.8) is 0 Å². The lowest BCUT2D eigenvalue weighted by Crippen LogP contribution is -2.38. The van der Waals surface area contributed by atoms with E-state index in [-0.39, 0.29) is 29.0 Å². The van der Waals surface area contributed by atoms with Crippen molar-refractivity contribution in [2.24, 2.45) is 0 Å². The zero-order chi connectivity index (χ0) is 19.0. The second-order valence-corrected chi connectivity index (χ2v) is 9.03. The van der Waals surface area contributed by atoms with Gasteiger partial charge < -0.3 is 5.32 Å². The van der Waals surface area contributed by atoms with Crippen molar-refractivity contribution in [2.75, 3.05) is 25.4 Å². The molecule has 1 atom stereocenters. The topological polar surface area (TPSA) is 66.5 Å². The predicted octanol–water partition coefficient (Wildman–Crippen LogP) is 3.11. The van der Waals surface area contributed by atoms with E-state index >= 15 is 0 Å². The molecular formula is C19H26N2O3S2. The first-order valence-corrected chi connectivity index (χ1v) is 11.3. The zero-order valence-corrected chi connectivity index (χ0v) is 16.9. The summed E-state index contributed by atoms with van der Waals surface area (Å²) in [7, 11) is -3.43. The number of benzene rings is 1. The van der Waals surface area contributed by atoms with Gasteiger partial charge in [-0.05, 0) is 36.7 Å². The van der Waals surface area contributed by atoms with E-state index in [1.165, 1.54) is 4.88 Å². The van der Waals surface area contributed by atoms with Gasteiger partial charge in [0.15, 0.2) is 9.84 Å². The maximum atomic E-state index is 12.3. The molecule has 0 aliphatic carbocycles. The van der Waals surface area contributed by atoms with E-state index in [1.54, 1.807) is 41.7 Å². The molecule has 1 N–H and O–H groups in total. The number of carbonyl (C=O) groups excluding carboxylic acids is 1. The van der Waals surface area contributed by atoms with Crippen molar-refractivity contribution in [1.29, 1.82) is 0 Å². The number of amides is 1. The predicted molar refractivity (Wildman–Crippen MR) is 106 cm³/mol. The van der Waals surface area contributed by atoms with Gasteiger partial charge in [-0.3, -0.25) is 9.69 Å². The van der Waals surface area contributed by atoms with Crippen LogP contribution in [-0.4, -0.2) is 44.6 Å². The molecule has 1 heterocycles. The van der Waals surface area contributed by atoms with Gasteiger partial charge in [-0.1, -0.05) is 38.1 Å². The quantitative estimate of drug-likeness (QED) is 0.672. The monoisotopic (exact) mass is 394 g/mol. The van der Waals surface area contributed by atoms with Crippen molar-refractivity contribution >= 4 is 27.1 Å². The van der Waals surface area contributed by atoms with Crippen molar-refractivity contribution in [2.45, 2.75) is 31.2 Å². The van der Waals surface area contributed by atoms with Gasteiger partial charge in [-0.25, -0.2) is 8.42 Å². The minimum Gasteiger partial charge on any atom is -0.354 e. The van der Waals surface area contributed by atoms with E-state index in [4.69, 9.17) is 0 Å². The molecule has 0 fully saturated rings. The molecule has 5 nitrogen and oxygen atoms in total. The van der Waals surface area contributed by atoms with Gasteiger partial charge in [0.2, 0.25) is 5.91 Å². The molecule has 142 valence electrons. The van der Waals surface area contributed by atoms with E-state index in [9.17, 15) is 13.2 Å². The highest BCUT2D eigenvalue weighted by Gasteiger charge is 2.21. The van der Waals surface area contributed by atoms with Crippen LogP contribution in [0.2, 0.25) is 0 Å². The molecule has 1 amide bonds. The van der Waals surface area contributed by atoms with E-state index in [2.05, 4.69) is 30.1 Å². The van der Waals surface area contributed by atoms with Gasteiger partial charge in [0, 0.05) is 17.8 Å². The van der Waals surface area contributed by atoms with Crippen LogP contribution in [-0.2, 0) is 14.6 Å². The maximum absolute atomic E-state index is 12.3. The fourth-order valence-corrected chi connectivity index (χ4v) is 4.95. The van der Waals surface area contributed by atoms with Crippen LogP contribution in [0.3, 0.4) is 0 Å². The molecule has 0 radical (unpaired) electrons. The first-order chi connectivity index (χ1) is 12.5. The van der Waals surface area contributed by atoms with Gasteiger partial charge in [0.25, 0.3) is 0 Å². The number of rotatable bonds is 10. The lowest BCUT2D eigenvalue weighted by atomic mass is 10.2. The highest BCUT2D eigenvalue weighted by molar-refractivity contribution is 7.91. The third kappa shape index (κ3) is 5.65. The van der Waals surface area contributed by atoms with Crippen molar-refractivity contribution in [3.8, 4) is 0 Å². The Hall–Kier alpha value is -1.70. The summed E-state index contributed by atoms with van der Waals surface area (Å²) in [5.41, 5.74) is 0. The fraction of sp³-hybridized carbons (Fsp3) is 0.421. The molecule has 1 unspecified atom stereocenters. The summed E-state index contributed by atoms with van der Waals surface area (Å²) in [5.74, 6) is -0.421. The molecule has 26 heavy (non-hydrogen) atoms. The van der Waals surface area contributed by atoms with Crippen LogP contribution < -0.4 is 5.32 Å². The van der Waals surface area contributed by atoms with Gasteiger partial charge in [-0.2, -0.15) is 0 Å². The molecule has 7 heteroatoms. The van der Waals surface area contributed by atoms with E-state index < -0.39 is 9.84 Å². The molecule has 0 bridgehead atoms. The summed E-state index contributed by atoms with van der Waals surface area (Å²) < 4.78 is 24.6. The van der Waals surface area contributed by atoms with E-state index in [1.807, 2.05) is 11.4 Å². The molecule has 2 rings (SSSR count). The van der Waals surface area contributed by atoms with Crippen molar-refractivity contribution in [1.82, 2.24) is 10.2 Å². The lowest BCUT2D eigenvalue weighted by molar-refractivity contribution is -0.120. The van der Waals surface area contributed by atoms with E-state index in [0.717, 1.165) is 13.1 Å². The minimum absolute atomic E-state index is 0.0351. The Morgan fingerprint density at radius 3 is 2.38 bits per heavy atom. The molecule has 0 saturated carbocycles. The molecular weight excluding hydrogens is 368 g/mol. The summed E-state index contributed by atoms with van der Waals surface area (Å²) in [6.45, 7) is 6.44. The fourth-order valence-electron chi connectivity index (χ4n) is 2.83. The molecule has 2 aromatic rings. The number of carbonyl (C=O) groups is 1. The van der Waals surface area contributed by atoms with Gasteiger partial charge in [-0.15, -0.1) is 11.3 Å². The normalized spacial score (nSPS) is 12.9. The Morgan fingerprint density at radius 2 is 1.81 bits per heavy atom. The summed E-state index contributed by atoms with van der Waals surface area (Å²) in [6.07, 6.45) is -0.0351. The standard InChI is InChI=1S/C19H26N2O3S2/c1-3-21(4-2)17(18-11-8-13-25-18)15-20-19(22)12-14-26(23,24)16-9-6-5-7-10-16/h5-11,13,17H,3-4,12,14-15H2,1-2H3,(H,20,22). The highest BCUT2D eigenvalue weighted by Crippen LogP contribution is 2.24. The molecule has 0 aliphatic heterocycles. The highest BCUT2D eigenvalue weighted by atomic mass is 32.2. The number of sulfone groups is 1. The molecule has 0 spiro atoms. The Kier molecular flexibility index (Phi) is 7.81. The van der Waals surface area contributed by atoms with Crippen LogP contribution in [0.4, 0.5) is 0 Å². The molecule has 1 aromatic carbocycles. The van der Waals surface area contributed by atoms with E-state index in [0.29, 0.717) is 6.54 Å². The molecule has 0 saturated heterocycles. The average molecular weight is 395 g/mol. The second kappa shape index (κ2) is 9.85. The van der Waals surface area contributed by atoms with Gasteiger partial charge in [0.05, 0.1) is 16.7 Å². The van der Waals surface area contributed by atoms with Crippen LogP contribution in [0.25, 0.3) is 0 Å². The number of thiophene rings is 1. The third-order valence-electron chi connectivity index (χ3n) is 4.32. The summed E-state index contributed by atoms with van der Waals surface area (Å²) in [6, 6.07) is 12.4. The lowest BCUT2D eigenvalue weighted by Gasteiger charge is -2.29. The van der Waals surface area contributed by atoms with Crippen molar-refractivity contribution < 1.29 is 13.2 Å². The number of hydrogen-bond acceptors (Lipinski definition) is 5. The molecule has 0 aliphatic rings. The Balaban J connectivity index is 1.92. The van der Waals surface area contributed by atoms with Gasteiger partial charge >= 0.3 is 0 Å². The van der Waals surface area contributed by atoms with Crippen LogP contribution in [0.15, 0.2) is 52.7 Å². The maximum Gasteiger partial charge on any atom is 0.221 e. The Labute approximate surface area is 160 Å². The number of hydrogen-bond donors (Lipinski definition) is 1. The zero-order valence-electron chi connectivity index (χ0n) is 15.2.